The van der Waals surface area contributed by atoms with Gasteiger partial charge in [0, 0.05) is 15.7 Å². The molecule has 0 aromatic heterocycles. The SMILES string of the molecule is CC1=NC(C)C(C)SC1(C)C. The maximum atomic E-state index is 4.61. The van der Waals surface area contributed by atoms with Gasteiger partial charge in [-0.25, -0.2) is 0 Å². The highest BCUT2D eigenvalue weighted by Crippen LogP contribution is 2.36. The summed E-state index contributed by atoms with van der Waals surface area (Å²) in [6, 6.07) is 0.494. The average molecular weight is 171 g/mol. The standard InChI is InChI=1S/C9H17NS/c1-6-7(2)11-9(4,5)8(3)10-6/h6-7H,1-5H3. The van der Waals surface area contributed by atoms with E-state index in [0.29, 0.717) is 11.3 Å². The van der Waals surface area contributed by atoms with Gasteiger partial charge in [-0.3, -0.25) is 4.99 Å². The molecule has 64 valence electrons. The van der Waals surface area contributed by atoms with E-state index < -0.39 is 0 Å². The van der Waals surface area contributed by atoms with Crippen molar-refractivity contribution >= 4 is 17.5 Å². The van der Waals surface area contributed by atoms with Crippen LogP contribution in [0.2, 0.25) is 0 Å². The zero-order chi connectivity index (χ0) is 8.65. The second-order valence-electron chi connectivity index (χ2n) is 3.79. The molecule has 0 bridgehead atoms. The Morgan fingerprint density at radius 3 is 2.36 bits per heavy atom. The number of rotatable bonds is 0. The summed E-state index contributed by atoms with van der Waals surface area (Å²) >= 11 is 2.03. The van der Waals surface area contributed by atoms with E-state index in [9.17, 15) is 0 Å². The quantitative estimate of drug-likeness (QED) is 0.546. The summed E-state index contributed by atoms with van der Waals surface area (Å²) in [6.45, 7) is 11.1. The number of hydrogen-bond donors (Lipinski definition) is 0. The molecule has 0 aromatic carbocycles. The molecule has 1 rings (SSSR count). The van der Waals surface area contributed by atoms with Crippen LogP contribution in [0, 0.1) is 0 Å². The number of hydrogen-bond acceptors (Lipinski definition) is 2. The molecule has 1 heterocycles. The maximum absolute atomic E-state index is 4.61. The minimum absolute atomic E-state index is 0.256. The lowest BCUT2D eigenvalue weighted by Crippen LogP contribution is -2.36. The summed E-state index contributed by atoms with van der Waals surface area (Å²) in [4.78, 5) is 4.61. The number of nitrogens with zero attached hydrogens (tertiary/aromatic N) is 1. The van der Waals surface area contributed by atoms with Crippen molar-refractivity contribution in [2.45, 2.75) is 50.7 Å². The molecular formula is C9H17NS. The van der Waals surface area contributed by atoms with E-state index in [1.54, 1.807) is 0 Å². The lowest BCUT2D eigenvalue weighted by atomic mass is 10.1. The summed E-state index contributed by atoms with van der Waals surface area (Å²) in [5, 5.41) is 0.661. The molecular weight excluding hydrogens is 154 g/mol. The molecule has 0 amide bonds. The summed E-state index contributed by atoms with van der Waals surface area (Å²) in [7, 11) is 0. The molecule has 0 fully saturated rings. The fraction of sp³-hybridized carbons (Fsp3) is 0.889. The van der Waals surface area contributed by atoms with Crippen LogP contribution in [0.25, 0.3) is 0 Å². The monoisotopic (exact) mass is 171 g/mol. The van der Waals surface area contributed by atoms with Crippen molar-refractivity contribution in [2.75, 3.05) is 0 Å². The van der Waals surface area contributed by atoms with E-state index in [2.05, 4.69) is 39.6 Å². The highest BCUT2D eigenvalue weighted by molar-refractivity contribution is 8.02. The molecule has 1 nitrogen and oxygen atoms in total. The van der Waals surface area contributed by atoms with E-state index in [1.807, 2.05) is 11.8 Å². The first-order chi connectivity index (χ1) is 4.93. The Hall–Kier alpha value is 0.0200. The van der Waals surface area contributed by atoms with Crippen LogP contribution < -0.4 is 0 Å². The summed E-state index contributed by atoms with van der Waals surface area (Å²) in [5.41, 5.74) is 1.29. The van der Waals surface area contributed by atoms with Gasteiger partial charge in [-0.15, -0.1) is 11.8 Å². The minimum atomic E-state index is 0.256. The van der Waals surface area contributed by atoms with Crippen LogP contribution in [0.5, 0.6) is 0 Å². The second kappa shape index (κ2) is 2.81. The van der Waals surface area contributed by atoms with Crippen LogP contribution in [0.3, 0.4) is 0 Å². The highest BCUT2D eigenvalue weighted by atomic mass is 32.2. The minimum Gasteiger partial charge on any atom is -0.289 e. The fourth-order valence-electron chi connectivity index (χ4n) is 1.21. The summed E-state index contributed by atoms with van der Waals surface area (Å²) in [6.07, 6.45) is 0. The van der Waals surface area contributed by atoms with Crippen LogP contribution in [0.4, 0.5) is 0 Å². The van der Waals surface area contributed by atoms with Gasteiger partial charge in [0.25, 0.3) is 0 Å². The average Bonchev–Trinajstić information content (AvgIpc) is 1.83. The lowest BCUT2D eigenvalue weighted by Gasteiger charge is -2.35. The largest absolute Gasteiger partial charge is 0.289 e. The van der Waals surface area contributed by atoms with Crippen LogP contribution >= 0.6 is 11.8 Å². The Kier molecular flexibility index (Phi) is 2.33. The van der Waals surface area contributed by atoms with Crippen molar-refractivity contribution in [3.8, 4) is 0 Å². The molecule has 0 saturated carbocycles. The Labute approximate surface area is 73.7 Å². The molecule has 11 heavy (non-hydrogen) atoms. The molecule has 0 aromatic rings. The zero-order valence-corrected chi connectivity index (χ0v) is 8.83. The van der Waals surface area contributed by atoms with Crippen molar-refractivity contribution < 1.29 is 0 Å². The van der Waals surface area contributed by atoms with Crippen molar-refractivity contribution in [2.24, 2.45) is 4.99 Å². The van der Waals surface area contributed by atoms with Gasteiger partial charge in [-0.1, -0.05) is 6.92 Å². The van der Waals surface area contributed by atoms with Crippen LogP contribution in [0.15, 0.2) is 4.99 Å². The van der Waals surface area contributed by atoms with Gasteiger partial charge in [0.15, 0.2) is 0 Å². The molecule has 0 saturated heterocycles. The van der Waals surface area contributed by atoms with Crippen molar-refractivity contribution in [3.05, 3.63) is 0 Å². The fourth-order valence-corrected chi connectivity index (χ4v) is 2.62. The molecule has 2 heteroatoms. The van der Waals surface area contributed by atoms with E-state index in [1.165, 1.54) is 5.71 Å². The zero-order valence-electron chi connectivity index (χ0n) is 8.01. The first-order valence-corrected chi connectivity index (χ1v) is 5.04. The second-order valence-corrected chi connectivity index (χ2v) is 5.79. The normalized spacial score (nSPS) is 36.6. The Morgan fingerprint density at radius 2 is 1.91 bits per heavy atom. The van der Waals surface area contributed by atoms with Gasteiger partial charge in [0.1, 0.15) is 0 Å². The van der Waals surface area contributed by atoms with Crippen LogP contribution in [-0.2, 0) is 0 Å². The lowest BCUT2D eigenvalue weighted by molar-refractivity contribution is 0.697. The molecule has 0 N–H and O–H groups in total. The predicted octanol–water partition coefficient (Wildman–Crippen LogP) is 2.75. The smallest absolute Gasteiger partial charge is 0.0587 e. The molecule has 2 atom stereocenters. The number of aliphatic imine (C=N–C) groups is 1. The van der Waals surface area contributed by atoms with Gasteiger partial charge in [-0.2, -0.15) is 0 Å². The predicted molar refractivity (Wildman–Crippen MR) is 53.7 cm³/mol. The number of thioether (sulfide) groups is 1. The Bertz CT molecular complexity index is 184. The van der Waals surface area contributed by atoms with Gasteiger partial charge in [0.05, 0.1) is 6.04 Å². The first-order valence-electron chi connectivity index (χ1n) is 4.16. The third-order valence-electron chi connectivity index (χ3n) is 2.43. The van der Waals surface area contributed by atoms with Crippen LogP contribution in [0.1, 0.15) is 34.6 Å². The molecule has 0 aliphatic carbocycles. The van der Waals surface area contributed by atoms with Gasteiger partial charge < -0.3 is 0 Å². The van der Waals surface area contributed by atoms with Crippen molar-refractivity contribution in [1.82, 2.24) is 0 Å². The van der Waals surface area contributed by atoms with E-state index in [4.69, 9.17) is 0 Å². The Morgan fingerprint density at radius 1 is 1.36 bits per heavy atom. The first kappa shape index (κ1) is 9.11. The molecule has 0 radical (unpaired) electrons. The van der Waals surface area contributed by atoms with Gasteiger partial charge in [0.2, 0.25) is 0 Å². The van der Waals surface area contributed by atoms with E-state index >= 15 is 0 Å². The highest BCUT2D eigenvalue weighted by Gasteiger charge is 2.31. The van der Waals surface area contributed by atoms with E-state index in [-0.39, 0.29) is 4.75 Å². The summed E-state index contributed by atoms with van der Waals surface area (Å²) < 4.78 is 0.256. The molecule has 1 aliphatic heterocycles. The molecule has 0 spiro atoms. The van der Waals surface area contributed by atoms with Gasteiger partial charge >= 0.3 is 0 Å². The van der Waals surface area contributed by atoms with Gasteiger partial charge in [-0.05, 0) is 27.7 Å². The summed E-state index contributed by atoms with van der Waals surface area (Å²) in [5.74, 6) is 0. The third kappa shape index (κ3) is 1.78. The topological polar surface area (TPSA) is 12.4 Å². The molecule has 1 aliphatic rings. The van der Waals surface area contributed by atoms with Crippen LogP contribution in [-0.4, -0.2) is 21.8 Å². The van der Waals surface area contributed by atoms with Crippen molar-refractivity contribution in [3.63, 3.8) is 0 Å². The maximum Gasteiger partial charge on any atom is 0.0587 e. The van der Waals surface area contributed by atoms with E-state index in [0.717, 1.165) is 0 Å². The molecule has 2 unspecified atom stereocenters. The third-order valence-corrected chi connectivity index (χ3v) is 4.08. The Balaban J connectivity index is 2.86. The van der Waals surface area contributed by atoms with Crippen molar-refractivity contribution in [1.29, 1.82) is 0 Å².